The Bertz CT molecular complexity index is 6890. The van der Waals surface area contributed by atoms with Crippen molar-refractivity contribution < 1.29 is 22.1 Å². The summed E-state index contributed by atoms with van der Waals surface area (Å²) in [7, 11) is 36.5. The minimum Gasteiger partial charge on any atom is -0.422 e. The van der Waals surface area contributed by atoms with E-state index in [4.69, 9.17) is 22.1 Å². The van der Waals surface area contributed by atoms with Gasteiger partial charge in [-0.15, -0.1) is 31.9 Å². The second kappa shape index (κ2) is 55.9. The van der Waals surface area contributed by atoms with Crippen LogP contribution in [0, 0.1) is 0 Å². The first-order valence-electron chi connectivity index (χ1n) is 44.4. The molecule has 20 rings (SSSR count). The zero-order valence-corrected chi connectivity index (χ0v) is 85.3. The summed E-state index contributed by atoms with van der Waals surface area (Å²) < 4.78 is 34.9. The minimum atomic E-state index is -0.368. The van der Waals surface area contributed by atoms with Gasteiger partial charge in [0.05, 0.1) is 64.7 Å². The molecular formula is C108H130N13O10PS2. The molecule has 704 valence electrons. The molecule has 134 heavy (non-hydrogen) atoms. The normalized spacial score (nSPS) is 10.3. The van der Waals surface area contributed by atoms with Crippen molar-refractivity contribution in [3.63, 3.8) is 0 Å². The van der Waals surface area contributed by atoms with Crippen molar-refractivity contribution in [2.24, 2.45) is 14.1 Å². The summed E-state index contributed by atoms with van der Waals surface area (Å²) in [5, 5.41) is 5.87. The number of fused-ring (bicyclic) bond motifs is 10. The lowest BCUT2D eigenvalue weighted by Crippen LogP contribution is -2.07. The average molecular weight is 1870 g/mol. The van der Waals surface area contributed by atoms with Crippen LogP contribution in [0.4, 0.5) is 0 Å². The summed E-state index contributed by atoms with van der Waals surface area (Å²) in [5.74, 6) is 1.88. The number of thiazole rings is 2. The van der Waals surface area contributed by atoms with Gasteiger partial charge in [-0.3, -0.25) is 0 Å². The number of para-hydroxylation sites is 13. The number of imidazole rings is 3. The van der Waals surface area contributed by atoms with Crippen molar-refractivity contribution in [1.82, 2.24) is 63.1 Å². The van der Waals surface area contributed by atoms with Crippen LogP contribution in [0.15, 0.2) is 319 Å². The Kier molecular flexibility index (Phi) is 45.6. The summed E-state index contributed by atoms with van der Waals surface area (Å²) in [5.41, 5.74) is 11.0. The van der Waals surface area contributed by atoms with E-state index in [1.54, 1.807) is 30.3 Å². The lowest BCUT2D eigenvalue weighted by atomic mass is 10.2. The average Bonchev–Trinajstić information content (AvgIpc) is 1.61. The highest BCUT2D eigenvalue weighted by atomic mass is 32.1. The van der Waals surface area contributed by atoms with Gasteiger partial charge < -0.3 is 60.3 Å². The number of rotatable bonds is 6. The van der Waals surface area contributed by atoms with E-state index in [-0.39, 0.29) is 28.1 Å². The molecule has 0 spiro atoms. The van der Waals surface area contributed by atoms with Crippen LogP contribution in [-0.4, -0.2) is 169 Å². The van der Waals surface area contributed by atoms with Gasteiger partial charge in [-0.1, -0.05) is 221 Å². The van der Waals surface area contributed by atoms with E-state index in [1.807, 2.05) is 470 Å². The van der Waals surface area contributed by atoms with E-state index in [1.165, 1.54) is 22.7 Å². The molecule has 1 atom stereocenters. The van der Waals surface area contributed by atoms with E-state index in [0.717, 1.165) is 80.5 Å². The first-order valence-corrected chi connectivity index (χ1v) is 46.9. The first kappa shape index (κ1) is 109. The third kappa shape index (κ3) is 30.9. The van der Waals surface area contributed by atoms with Crippen LogP contribution in [-0.2, 0) is 20.4 Å². The molecule has 10 aromatic carbocycles. The summed E-state index contributed by atoms with van der Waals surface area (Å²) in [6.45, 7) is 20.0. The van der Waals surface area contributed by atoms with Gasteiger partial charge in [0.1, 0.15) is 72.1 Å². The summed E-state index contributed by atoms with van der Waals surface area (Å²) in [4.78, 5) is 93.8. The molecule has 10 heterocycles. The van der Waals surface area contributed by atoms with Crippen molar-refractivity contribution in [2.75, 3.05) is 106 Å². The summed E-state index contributed by atoms with van der Waals surface area (Å²) in [6.07, 6.45) is 0.655. The number of hydrogen-bond donors (Lipinski definition) is 0. The fraction of sp³-hybridized carbons (Fsp3) is 0.259. The Labute approximate surface area is 796 Å². The third-order valence-electron chi connectivity index (χ3n) is 17.4. The van der Waals surface area contributed by atoms with E-state index in [2.05, 4.69) is 34.2 Å². The Morgan fingerprint density at radius 1 is 0.261 bits per heavy atom. The fourth-order valence-electron chi connectivity index (χ4n) is 12.3. The molecule has 0 aliphatic rings. The molecule has 23 nitrogen and oxygen atoms in total. The highest BCUT2D eigenvalue weighted by molar-refractivity contribution is 7.22. The van der Waals surface area contributed by atoms with Gasteiger partial charge in [-0.2, -0.15) is 0 Å². The van der Waals surface area contributed by atoms with E-state index < -0.39 is 0 Å². The van der Waals surface area contributed by atoms with Crippen LogP contribution in [0.5, 0.6) is 0 Å². The molecule has 0 saturated carbocycles. The minimum absolute atomic E-state index is 0.345. The van der Waals surface area contributed by atoms with Crippen LogP contribution in [0.3, 0.4) is 0 Å². The van der Waals surface area contributed by atoms with E-state index >= 15 is 0 Å². The number of aryl methyl sites for hydroxylation is 2. The zero-order chi connectivity index (χ0) is 98.8. The monoisotopic (exact) mass is 1860 g/mol. The lowest BCUT2D eigenvalue weighted by Gasteiger charge is -2.05. The smallest absolute Gasteiger partial charge is 0.347 e. The topological polar surface area (TPSA) is 246 Å². The molecule has 10 aromatic heterocycles. The SMILES string of the molecule is CC.CC.CC.CC.CC.CN(C)C.CN(C)C.CN(C)C.CN(C)C.CN(C)C.Cn1c(-c2cc3ccccc3oc2=O)nc2ccccc21.Cn1c(-c2cc3ccccc3oc2=O)nc2ccccc21.O=c1oc2ccccc2cc1-c1nc2ccccc2n1CP.O=c1oc2ccccc2cc1-c1nc2ccccc2s1.O=c1oc2ccccc2cc1-c1nc2ccccc2s1. The molecule has 0 aliphatic carbocycles. The van der Waals surface area contributed by atoms with Crippen molar-refractivity contribution >= 4 is 140 Å². The molecule has 0 radical (unpaired) electrons. The van der Waals surface area contributed by atoms with Crippen molar-refractivity contribution in [3.05, 3.63) is 325 Å². The second-order valence-corrected chi connectivity index (χ2v) is 33.0. The van der Waals surface area contributed by atoms with Crippen LogP contribution in [0.25, 0.3) is 164 Å². The predicted octanol–water partition coefficient (Wildman–Crippen LogP) is 24.5. The Balaban J connectivity index is 0.000000239. The standard InChI is InChI=1S/C17H13N2O2P.2C17H12N2O2.2C16H9NO2S.5C3H9N.5C2H6/c20-17-12(9-11-5-1-4-8-15(11)21-17)16-18-13-6-2-3-7-14(13)19(16)10-22;2*1-19-14-8-4-3-7-13(14)18-16(19)12-10-11-6-2-5-9-15(11)21-17(12)20;2*18-16-11(9-10-5-1-3-7-13(10)19-16)15-17-12-6-2-4-8-14(12)20-15;5*1-4(2)3;5*1-2/h1-9H,10,22H2;2*2-10H,1H3;2*1-9H;5*1-3H3;5*1-2H3. The number of aromatic nitrogens is 8. The van der Waals surface area contributed by atoms with Crippen LogP contribution in [0.1, 0.15) is 69.2 Å². The van der Waals surface area contributed by atoms with Crippen LogP contribution in [0.2, 0.25) is 0 Å². The van der Waals surface area contributed by atoms with Crippen LogP contribution >= 0.6 is 31.9 Å². The molecule has 26 heteroatoms. The summed E-state index contributed by atoms with van der Waals surface area (Å²) >= 11 is 3.00. The fourth-order valence-corrected chi connectivity index (χ4v) is 14.6. The van der Waals surface area contributed by atoms with E-state index in [0.29, 0.717) is 89.5 Å². The number of hydrogen-bond acceptors (Lipinski definition) is 22. The predicted molar refractivity (Wildman–Crippen MR) is 572 cm³/mol. The van der Waals surface area contributed by atoms with Gasteiger partial charge in [-0.25, -0.2) is 48.9 Å². The molecule has 1 unspecified atom stereocenters. The Morgan fingerprint density at radius 2 is 0.463 bits per heavy atom. The first-order chi connectivity index (χ1) is 64.5. The molecule has 0 N–H and O–H groups in total. The third-order valence-corrected chi connectivity index (χ3v) is 19.9. The Morgan fingerprint density at radius 3 is 0.724 bits per heavy atom. The summed E-state index contributed by atoms with van der Waals surface area (Å²) in [6, 6.07) is 85.8. The molecule has 0 bridgehead atoms. The Hall–Kier alpha value is -13.3. The van der Waals surface area contributed by atoms with Crippen molar-refractivity contribution in [1.29, 1.82) is 0 Å². The molecule has 0 saturated heterocycles. The number of benzene rings is 10. The van der Waals surface area contributed by atoms with Gasteiger partial charge >= 0.3 is 28.1 Å². The quantitative estimate of drug-likeness (QED) is 0.111. The van der Waals surface area contributed by atoms with Gasteiger partial charge in [0.25, 0.3) is 0 Å². The van der Waals surface area contributed by atoms with Gasteiger partial charge in [0.2, 0.25) is 0 Å². The molecular weight excluding hydrogens is 1730 g/mol. The number of nitrogens with zero attached hydrogens (tertiary/aromatic N) is 13. The molecule has 0 fully saturated rings. The van der Waals surface area contributed by atoms with E-state index in [9.17, 15) is 24.0 Å². The molecule has 0 aliphatic heterocycles. The van der Waals surface area contributed by atoms with Crippen LogP contribution < -0.4 is 28.1 Å². The maximum atomic E-state index is 12.4. The van der Waals surface area contributed by atoms with Crippen molar-refractivity contribution in [3.8, 4) is 55.3 Å². The second-order valence-electron chi connectivity index (χ2n) is 30.6. The van der Waals surface area contributed by atoms with Gasteiger partial charge in [0.15, 0.2) is 0 Å². The molecule has 20 aromatic rings. The zero-order valence-electron chi connectivity index (χ0n) is 82.5. The maximum absolute atomic E-state index is 12.4. The molecule has 0 amide bonds. The van der Waals surface area contributed by atoms with Crippen molar-refractivity contribution in [2.45, 2.75) is 75.5 Å². The van der Waals surface area contributed by atoms with Gasteiger partial charge in [0, 0.05) is 47.3 Å². The highest BCUT2D eigenvalue weighted by Gasteiger charge is 2.21. The maximum Gasteiger partial charge on any atom is 0.347 e. The largest absolute Gasteiger partial charge is 0.422 e. The highest BCUT2D eigenvalue weighted by Crippen LogP contribution is 2.34. The lowest BCUT2D eigenvalue weighted by molar-refractivity contribution is 0.505. The van der Waals surface area contributed by atoms with Gasteiger partial charge in [-0.05, 0) is 227 Å².